The van der Waals surface area contributed by atoms with Crippen LogP contribution < -0.4 is 4.57 Å². The van der Waals surface area contributed by atoms with Gasteiger partial charge in [0.2, 0.25) is 0 Å². The Morgan fingerprint density at radius 2 is 1.48 bits per heavy atom. The van der Waals surface area contributed by atoms with Crippen molar-refractivity contribution in [1.82, 2.24) is 0 Å². The third kappa shape index (κ3) is 3.12. The van der Waals surface area contributed by atoms with Crippen molar-refractivity contribution in [3.63, 3.8) is 0 Å². The first-order chi connectivity index (χ1) is 15.0. The molecule has 3 aromatic carbocycles. The van der Waals surface area contributed by atoms with Crippen LogP contribution in [0.1, 0.15) is 16.8 Å². The van der Waals surface area contributed by atoms with Crippen molar-refractivity contribution < 1.29 is 4.57 Å². The van der Waals surface area contributed by atoms with Crippen molar-refractivity contribution in [1.29, 1.82) is 0 Å². The third-order valence-corrected chi connectivity index (χ3v) is 8.76. The molecule has 0 unspecified atom stereocenters. The molecule has 0 fully saturated rings. The fraction of sp³-hybridized carbons (Fsp3) is 0.143. The van der Waals surface area contributed by atoms with Gasteiger partial charge in [0.05, 0.1) is 0 Å². The average Bonchev–Trinajstić information content (AvgIpc) is 3.14. The van der Waals surface area contributed by atoms with Crippen LogP contribution in [0.2, 0.25) is 0 Å². The van der Waals surface area contributed by atoms with Gasteiger partial charge >= 0.3 is 189 Å². The standard InChI is InChI=1S/C28H23N2Se/c1-17-15-19(3)30(5)24(16-17)25-18(2)11-12-21-22-13-14-23(29-4)26(28(22)31-27(21)25)20-9-7-6-8-10-20/h6-16H,1-3,5H3/q+1. The van der Waals surface area contributed by atoms with Gasteiger partial charge in [0.1, 0.15) is 0 Å². The van der Waals surface area contributed by atoms with Crippen LogP contribution in [0.15, 0.2) is 66.7 Å². The third-order valence-electron chi connectivity index (χ3n) is 6.13. The Kier molecular flexibility index (Phi) is 4.78. The normalized spacial score (nSPS) is 11.2. The molecule has 0 radical (unpaired) electrons. The van der Waals surface area contributed by atoms with Crippen LogP contribution in [0, 0.1) is 27.3 Å². The molecule has 2 aromatic heterocycles. The summed E-state index contributed by atoms with van der Waals surface area (Å²) < 4.78 is 5.07. The van der Waals surface area contributed by atoms with Crippen molar-refractivity contribution in [3.8, 4) is 22.4 Å². The van der Waals surface area contributed by atoms with E-state index in [1.54, 1.807) is 0 Å². The van der Waals surface area contributed by atoms with Crippen LogP contribution in [0.5, 0.6) is 0 Å². The summed E-state index contributed by atoms with van der Waals surface area (Å²) in [4.78, 5) is 3.88. The number of benzene rings is 3. The molecular weight excluding hydrogens is 443 g/mol. The zero-order chi connectivity index (χ0) is 21.7. The van der Waals surface area contributed by atoms with Gasteiger partial charge in [-0.1, -0.05) is 0 Å². The summed E-state index contributed by atoms with van der Waals surface area (Å²) in [5, 5.41) is 2.61. The number of aromatic nitrogens is 1. The number of pyridine rings is 1. The summed E-state index contributed by atoms with van der Waals surface area (Å²) in [6, 6.07) is 23.6. The van der Waals surface area contributed by atoms with Crippen LogP contribution in [0.4, 0.5) is 5.69 Å². The molecule has 0 saturated carbocycles. The van der Waals surface area contributed by atoms with Crippen LogP contribution in [0.3, 0.4) is 0 Å². The molecule has 2 heterocycles. The Balaban J connectivity index is 1.94. The van der Waals surface area contributed by atoms with E-state index in [0.29, 0.717) is 0 Å². The zero-order valence-corrected chi connectivity index (χ0v) is 19.9. The first-order valence-electron chi connectivity index (χ1n) is 10.4. The molecule has 5 rings (SSSR count). The zero-order valence-electron chi connectivity index (χ0n) is 18.2. The van der Waals surface area contributed by atoms with E-state index in [4.69, 9.17) is 6.57 Å². The van der Waals surface area contributed by atoms with Gasteiger partial charge in [0.25, 0.3) is 0 Å². The van der Waals surface area contributed by atoms with E-state index in [0.717, 1.165) is 16.8 Å². The molecule has 150 valence electrons. The molecule has 31 heavy (non-hydrogen) atoms. The Bertz CT molecular complexity index is 1520. The monoisotopic (exact) mass is 467 g/mol. The minimum atomic E-state index is 0.128. The summed E-state index contributed by atoms with van der Waals surface area (Å²) in [7, 11) is 2.16. The number of hydrogen-bond donors (Lipinski definition) is 0. The van der Waals surface area contributed by atoms with Crippen LogP contribution in [-0.4, -0.2) is 14.5 Å². The summed E-state index contributed by atoms with van der Waals surface area (Å²) in [6.45, 7) is 14.3. The molecule has 0 aliphatic heterocycles. The molecule has 5 aromatic rings. The Morgan fingerprint density at radius 3 is 2.19 bits per heavy atom. The van der Waals surface area contributed by atoms with Gasteiger partial charge in [-0.2, -0.15) is 0 Å². The Morgan fingerprint density at radius 1 is 0.806 bits per heavy atom. The number of hydrogen-bond acceptors (Lipinski definition) is 0. The van der Waals surface area contributed by atoms with Crippen molar-refractivity contribution >= 4 is 39.5 Å². The van der Waals surface area contributed by atoms with E-state index in [2.05, 4.69) is 91.8 Å². The van der Waals surface area contributed by atoms with E-state index in [9.17, 15) is 0 Å². The molecule has 3 heteroatoms. The van der Waals surface area contributed by atoms with Gasteiger partial charge in [0, 0.05) is 0 Å². The molecule has 0 spiro atoms. The number of aryl methyl sites for hydroxylation is 3. The van der Waals surface area contributed by atoms with E-state index >= 15 is 0 Å². The summed E-state index contributed by atoms with van der Waals surface area (Å²) >= 11 is 0.128. The fourth-order valence-electron chi connectivity index (χ4n) is 4.50. The predicted molar refractivity (Wildman–Crippen MR) is 131 cm³/mol. The van der Waals surface area contributed by atoms with E-state index in [1.807, 2.05) is 12.1 Å². The van der Waals surface area contributed by atoms with Gasteiger partial charge in [-0.25, -0.2) is 0 Å². The van der Waals surface area contributed by atoms with Gasteiger partial charge < -0.3 is 0 Å². The summed E-state index contributed by atoms with van der Waals surface area (Å²) in [6.07, 6.45) is 0. The fourth-order valence-corrected chi connectivity index (χ4v) is 7.59. The number of fused-ring (bicyclic) bond motifs is 3. The second kappa shape index (κ2) is 7.50. The topological polar surface area (TPSA) is 8.24 Å². The minimum absolute atomic E-state index is 0.128. The summed E-state index contributed by atoms with van der Waals surface area (Å²) in [5.74, 6) is 0. The van der Waals surface area contributed by atoms with Gasteiger partial charge in [0.15, 0.2) is 0 Å². The molecule has 0 bridgehead atoms. The molecule has 0 N–H and O–H groups in total. The number of rotatable bonds is 2. The quantitative estimate of drug-likeness (QED) is 0.156. The molecule has 0 aliphatic rings. The Hall–Kier alpha value is -3.18. The predicted octanol–water partition coefficient (Wildman–Crippen LogP) is 6.68. The van der Waals surface area contributed by atoms with E-state index in [1.165, 1.54) is 47.4 Å². The molecule has 0 amide bonds. The van der Waals surface area contributed by atoms with Gasteiger partial charge in [-0.15, -0.1) is 0 Å². The van der Waals surface area contributed by atoms with Crippen LogP contribution in [-0.2, 0) is 7.05 Å². The molecule has 0 atom stereocenters. The van der Waals surface area contributed by atoms with E-state index < -0.39 is 0 Å². The molecule has 2 nitrogen and oxygen atoms in total. The summed E-state index contributed by atoms with van der Waals surface area (Å²) in [5.41, 5.74) is 9.46. The van der Waals surface area contributed by atoms with Crippen LogP contribution in [0.25, 0.3) is 46.5 Å². The van der Waals surface area contributed by atoms with E-state index in [-0.39, 0.29) is 14.5 Å². The van der Waals surface area contributed by atoms with Crippen LogP contribution >= 0.6 is 0 Å². The van der Waals surface area contributed by atoms with Crippen molar-refractivity contribution in [2.24, 2.45) is 7.05 Å². The average molecular weight is 466 g/mol. The van der Waals surface area contributed by atoms with Gasteiger partial charge in [-0.3, -0.25) is 0 Å². The molecule has 0 aliphatic carbocycles. The SMILES string of the molecule is [C-]#[N+]c1ccc2c([se]c3c(-c4cc(C)cc(C)[n+]4C)c(C)ccc32)c1-c1ccccc1. The molecular formula is C28H23N2Se+. The first-order valence-corrected chi connectivity index (χ1v) is 12.1. The number of nitrogens with zero attached hydrogens (tertiary/aromatic N) is 2. The van der Waals surface area contributed by atoms with Crippen molar-refractivity contribution in [3.05, 3.63) is 95.0 Å². The second-order valence-electron chi connectivity index (χ2n) is 8.17. The first kappa shape index (κ1) is 19.8. The molecule has 0 saturated heterocycles. The maximum atomic E-state index is 7.77. The van der Waals surface area contributed by atoms with Gasteiger partial charge in [-0.05, 0) is 0 Å². The maximum absolute atomic E-state index is 7.77. The van der Waals surface area contributed by atoms with Crippen molar-refractivity contribution in [2.75, 3.05) is 0 Å². The van der Waals surface area contributed by atoms with Crippen molar-refractivity contribution in [2.45, 2.75) is 20.8 Å². The Labute approximate surface area is 189 Å². The second-order valence-corrected chi connectivity index (χ2v) is 10.3.